The fraction of sp³-hybridized carbons (Fsp3) is 0.391. The maximum absolute atomic E-state index is 13.1. The molecule has 0 radical (unpaired) electrons. The third-order valence-electron chi connectivity index (χ3n) is 5.55. The van der Waals surface area contributed by atoms with E-state index in [0.29, 0.717) is 41.1 Å². The van der Waals surface area contributed by atoms with E-state index in [1.807, 2.05) is 6.92 Å². The minimum absolute atomic E-state index is 0.0589. The Kier molecular flexibility index (Phi) is 6.64. The summed E-state index contributed by atoms with van der Waals surface area (Å²) in [5, 5.41) is 4.11. The van der Waals surface area contributed by atoms with Crippen LogP contribution in [0.15, 0.2) is 51.9 Å². The predicted octanol–water partition coefficient (Wildman–Crippen LogP) is 4.99. The number of benzene rings is 2. The van der Waals surface area contributed by atoms with Gasteiger partial charge in [0.05, 0.1) is 29.9 Å². The Morgan fingerprint density at radius 3 is 2.62 bits per heavy atom. The fourth-order valence-electron chi connectivity index (χ4n) is 3.92. The summed E-state index contributed by atoms with van der Waals surface area (Å²) in [7, 11) is -2.38. The molecule has 0 aliphatic heterocycles. The molecule has 1 aliphatic rings. The van der Waals surface area contributed by atoms with Gasteiger partial charge >= 0.3 is 0 Å². The SMILES string of the molecule is CCOc1ccccc1NS(=O)(=O)c1ccc(OC)c(-c2noc(C3CCCCC3)n2)c1. The molecule has 0 unspecified atom stereocenters. The van der Waals surface area contributed by atoms with Crippen LogP contribution in [0.2, 0.25) is 0 Å². The molecule has 8 nitrogen and oxygen atoms in total. The van der Waals surface area contributed by atoms with E-state index in [1.54, 1.807) is 30.3 Å². The summed E-state index contributed by atoms with van der Waals surface area (Å²) in [5.74, 6) is 2.09. The molecule has 1 aliphatic carbocycles. The molecule has 3 aromatic rings. The van der Waals surface area contributed by atoms with Crippen molar-refractivity contribution in [1.82, 2.24) is 10.1 Å². The fourth-order valence-corrected chi connectivity index (χ4v) is 5.02. The zero-order valence-corrected chi connectivity index (χ0v) is 19.0. The summed E-state index contributed by atoms with van der Waals surface area (Å²) in [6.45, 7) is 2.26. The van der Waals surface area contributed by atoms with Crippen molar-refractivity contribution in [3.63, 3.8) is 0 Å². The van der Waals surface area contributed by atoms with Crippen molar-refractivity contribution in [3.05, 3.63) is 48.4 Å². The number of ether oxygens (including phenoxy) is 2. The Hall–Kier alpha value is -3.07. The molecule has 170 valence electrons. The standard InChI is InChI=1S/C23H27N3O5S/c1-3-30-21-12-8-7-11-19(21)26-32(27,28)17-13-14-20(29-2)18(15-17)22-24-23(31-25-22)16-9-5-4-6-10-16/h7-8,11-16,26H,3-6,9-10H2,1-2H3. The van der Waals surface area contributed by atoms with Crippen LogP contribution in [0.1, 0.15) is 50.8 Å². The normalized spacial score (nSPS) is 14.8. The van der Waals surface area contributed by atoms with Crippen molar-refractivity contribution >= 4 is 15.7 Å². The lowest BCUT2D eigenvalue weighted by molar-refractivity contribution is 0.314. The molecule has 2 aromatic carbocycles. The monoisotopic (exact) mass is 457 g/mol. The zero-order valence-electron chi connectivity index (χ0n) is 18.2. The summed E-state index contributed by atoms with van der Waals surface area (Å²) in [6.07, 6.45) is 5.57. The highest BCUT2D eigenvalue weighted by Crippen LogP contribution is 2.36. The van der Waals surface area contributed by atoms with Gasteiger partial charge in [0.1, 0.15) is 11.5 Å². The van der Waals surface area contributed by atoms with Gasteiger partial charge in [-0.15, -0.1) is 0 Å². The highest BCUT2D eigenvalue weighted by atomic mass is 32.2. The maximum Gasteiger partial charge on any atom is 0.262 e. The number of sulfonamides is 1. The van der Waals surface area contributed by atoms with Crippen LogP contribution in [-0.2, 0) is 10.0 Å². The van der Waals surface area contributed by atoms with Gasteiger partial charge in [0.15, 0.2) is 0 Å². The van der Waals surface area contributed by atoms with E-state index >= 15 is 0 Å². The molecular formula is C23H27N3O5S. The van der Waals surface area contributed by atoms with Gasteiger partial charge in [0.25, 0.3) is 10.0 Å². The van der Waals surface area contributed by atoms with E-state index in [9.17, 15) is 8.42 Å². The molecule has 9 heteroatoms. The third kappa shape index (κ3) is 4.72. The first-order chi connectivity index (χ1) is 15.5. The summed E-state index contributed by atoms with van der Waals surface area (Å²) in [4.78, 5) is 4.62. The number of aromatic nitrogens is 2. The van der Waals surface area contributed by atoms with Crippen LogP contribution in [0, 0.1) is 0 Å². The molecular weight excluding hydrogens is 430 g/mol. The summed E-state index contributed by atoms with van der Waals surface area (Å²) >= 11 is 0. The molecule has 1 fully saturated rings. The Balaban J connectivity index is 1.65. The summed E-state index contributed by atoms with van der Waals surface area (Å²) in [5.41, 5.74) is 0.824. The van der Waals surface area contributed by atoms with E-state index in [2.05, 4.69) is 14.9 Å². The Morgan fingerprint density at radius 2 is 1.88 bits per heavy atom. The molecule has 1 aromatic heterocycles. The minimum atomic E-state index is -3.90. The van der Waals surface area contributed by atoms with E-state index in [-0.39, 0.29) is 10.8 Å². The lowest BCUT2D eigenvalue weighted by atomic mass is 9.89. The number of para-hydroxylation sites is 2. The topological polar surface area (TPSA) is 104 Å². The highest BCUT2D eigenvalue weighted by molar-refractivity contribution is 7.92. The first kappa shape index (κ1) is 22.1. The predicted molar refractivity (Wildman–Crippen MR) is 121 cm³/mol. The summed E-state index contributed by atoms with van der Waals surface area (Å²) < 4.78 is 45.3. The number of anilines is 1. The van der Waals surface area contributed by atoms with Crippen LogP contribution in [0.4, 0.5) is 5.69 Å². The van der Waals surface area contributed by atoms with Crippen LogP contribution in [0.5, 0.6) is 11.5 Å². The quantitative estimate of drug-likeness (QED) is 0.508. The second-order valence-corrected chi connectivity index (χ2v) is 9.37. The third-order valence-corrected chi connectivity index (χ3v) is 6.91. The zero-order chi connectivity index (χ0) is 22.6. The van der Waals surface area contributed by atoms with E-state index in [1.165, 1.54) is 25.7 Å². The Labute approximate surface area is 188 Å². The van der Waals surface area contributed by atoms with Crippen molar-refractivity contribution in [1.29, 1.82) is 0 Å². The van der Waals surface area contributed by atoms with Crippen LogP contribution < -0.4 is 14.2 Å². The van der Waals surface area contributed by atoms with Gasteiger partial charge in [0, 0.05) is 5.92 Å². The van der Waals surface area contributed by atoms with Crippen LogP contribution in [0.25, 0.3) is 11.4 Å². The molecule has 4 rings (SSSR count). The van der Waals surface area contributed by atoms with Gasteiger partial charge < -0.3 is 14.0 Å². The number of hydrogen-bond donors (Lipinski definition) is 1. The number of rotatable bonds is 8. The number of hydrogen-bond acceptors (Lipinski definition) is 7. The second kappa shape index (κ2) is 9.60. The average molecular weight is 458 g/mol. The number of nitrogens with one attached hydrogen (secondary N) is 1. The van der Waals surface area contributed by atoms with Gasteiger partial charge in [-0.25, -0.2) is 8.42 Å². The van der Waals surface area contributed by atoms with Crippen LogP contribution in [0.3, 0.4) is 0 Å². The largest absolute Gasteiger partial charge is 0.496 e. The van der Waals surface area contributed by atoms with Gasteiger partial charge in [0.2, 0.25) is 11.7 Å². The van der Waals surface area contributed by atoms with Crippen molar-refractivity contribution in [3.8, 4) is 22.9 Å². The smallest absolute Gasteiger partial charge is 0.262 e. The molecule has 1 heterocycles. The lowest BCUT2D eigenvalue weighted by Crippen LogP contribution is -2.14. The minimum Gasteiger partial charge on any atom is -0.496 e. The molecule has 1 saturated carbocycles. The lowest BCUT2D eigenvalue weighted by Gasteiger charge is -2.17. The average Bonchev–Trinajstić information content (AvgIpc) is 3.31. The van der Waals surface area contributed by atoms with Crippen molar-refractivity contribution in [2.75, 3.05) is 18.4 Å². The molecule has 0 atom stereocenters. The maximum atomic E-state index is 13.1. The van der Waals surface area contributed by atoms with E-state index < -0.39 is 10.0 Å². The van der Waals surface area contributed by atoms with E-state index in [0.717, 1.165) is 25.7 Å². The van der Waals surface area contributed by atoms with Crippen molar-refractivity contribution in [2.45, 2.75) is 49.8 Å². The number of methoxy groups -OCH3 is 1. The molecule has 0 spiro atoms. The number of nitrogens with zero attached hydrogens (tertiary/aromatic N) is 2. The Bertz CT molecular complexity index is 1170. The molecule has 0 bridgehead atoms. The second-order valence-electron chi connectivity index (χ2n) is 7.69. The molecule has 1 N–H and O–H groups in total. The first-order valence-electron chi connectivity index (χ1n) is 10.8. The van der Waals surface area contributed by atoms with Crippen molar-refractivity contribution in [2.24, 2.45) is 0 Å². The first-order valence-corrected chi connectivity index (χ1v) is 12.3. The molecule has 0 amide bonds. The van der Waals surface area contributed by atoms with Crippen LogP contribution in [-0.4, -0.2) is 32.3 Å². The van der Waals surface area contributed by atoms with Gasteiger partial charge in [-0.3, -0.25) is 4.72 Å². The Morgan fingerprint density at radius 1 is 1.09 bits per heavy atom. The summed E-state index contributed by atoms with van der Waals surface area (Å²) in [6, 6.07) is 11.5. The molecule has 0 saturated heterocycles. The van der Waals surface area contributed by atoms with Crippen LogP contribution >= 0.6 is 0 Å². The molecule has 32 heavy (non-hydrogen) atoms. The van der Waals surface area contributed by atoms with Gasteiger partial charge in [-0.05, 0) is 50.1 Å². The van der Waals surface area contributed by atoms with Gasteiger partial charge in [-0.2, -0.15) is 4.98 Å². The van der Waals surface area contributed by atoms with Crippen molar-refractivity contribution < 1.29 is 22.4 Å². The van der Waals surface area contributed by atoms with E-state index in [4.69, 9.17) is 14.0 Å². The highest BCUT2D eigenvalue weighted by Gasteiger charge is 2.25. The van der Waals surface area contributed by atoms with Gasteiger partial charge in [-0.1, -0.05) is 36.6 Å².